The number of carbonyl (C=O) groups excluding carboxylic acids is 1. The first kappa shape index (κ1) is 11.9. The number of anilines is 2. The number of nitrogens with one attached hydrogen (secondary N) is 2. The molecule has 0 fully saturated rings. The van der Waals surface area contributed by atoms with E-state index in [9.17, 15) is 4.79 Å². The molecular weight excluding hydrogens is 204 g/mol. The van der Waals surface area contributed by atoms with Crippen LogP contribution in [0.3, 0.4) is 0 Å². The van der Waals surface area contributed by atoms with E-state index in [4.69, 9.17) is 6.42 Å². The van der Waals surface area contributed by atoms with E-state index < -0.39 is 6.09 Å². The highest BCUT2D eigenvalue weighted by atomic mass is 16.5. The summed E-state index contributed by atoms with van der Waals surface area (Å²) in [4.78, 5) is 10.9. The van der Waals surface area contributed by atoms with Crippen LogP contribution in [0, 0.1) is 12.3 Å². The summed E-state index contributed by atoms with van der Waals surface area (Å²) < 4.78 is 4.47. The van der Waals surface area contributed by atoms with Crippen molar-refractivity contribution in [2.24, 2.45) is 0 Å². The van der Waals surface area contributed by atoms with Gasteiger partial charge < -0.3 is 10.1 Å². The third-order valence-electron chi connectivity index (χ3n) is 1.95. The van der Waals surface area contributed by atoms with Crippen LogP contribution < -0.4 is 10.6 Å². The standard InChI is InChI=1S/C12H14N2O2/c1-4-9(2)13-10-5-7-11(8-6-10)14-12(15)16-3/h1,5-9,13H,2-3H3,(H,14,15). The molecule has 0 aromatic heterocycles. The smallest absolute Gasteiger partial charge is 0.411 e. The molecule has 0 aliphatic carbocycles. The van der Waals surface area contributed by atoms with Crippen molar-refractivity contribution in [2.75, 3.05) is 17.7 Å². The van der Waals surface area contributed by atoms with E-state index in [1.165, 1.54) is 7.11 Å². The summed E-state index contributed by atoms with van der Waals surface area (Å²) in [5.74, 6) is 2.57. The molecule has 0 heterocycles. The number of amides is 1. The lowest BCUT2D eigenvalue weighted by Crippen LogP contribution is -2.13. The fraction of sp³-hybridized carbons (Fsp3) is 0.250. The Morgan fingerprint density at radius 3 is 2.44 bits per heavy atom. The molecule has 0 saturated carbocycles. The van der Waals surface area contributed by atoms with Crippen LogP contribution in [0.25, 0.3) is 0 Å². The van der Waals surface area contributed by atoms with Gasteiger partial charge in [0.2, 0.25) is 0 Å². The zero-order valence-corrected chi connectivity index (χ0v) is 9.28. The van der Waals surface area contributed by atoms with Crippen LogP contribution in [-0.2, 0) is 4.74 Å². The average Bonchev–Trinajstić information content (AvgIpc) is 2.31. The lowest BCUT2D eigenvalue weighted by atomic mass is 10.2. The summed E-state index contributed by atoms with van der Waals surface area (Å²) in [6.45, 7) is 1.89. The van der Waals surface area contributed by atoms with Crippen molar-refractivity contribution in [3.05, 3.63) is 24.3 Å². The van der Waals surface area contributed by atoms with Gasteiger partial charge in [-0.1, -0.05) is 5.92 Å². The maximum absolute atomic E-state index is 10.9. The van der Waals surface area contributed by atoms with E-state index in [-0.39, 0.29) is 6.04 Å². The van der Waals surface area contributed by atoms with Gasteiger partial charge in [-0.2, -0.15) is 0 Å². The van der Waals surface area contributed by atoms with E-state index in [1.807, 2.05) is 19.1 Å². The fourth-order valence-electron chi connectivity index (χ4n) is 1.11. The Bertz CT molecular complexity index is 392. The predicted molar refractivity (Wildman–Crippen MR) is 64.4 cm³/mol. The van der Waals surface area contributed by atoms with E-state index in [1.54, 1.807) is 12.1 Å². The van der Waals surface area contributed by atoms with Crippen molar-refractivity contribution in [3.8, 4) is 12.3 Å². The number of terminal acetylenes is 1. The van der Waals surface area contributed by atoms with Crippen molar-refractivity contribution in [1.29, 1.82) is 0 Å². The third-order valence-corrected chi connectivity index (χ3v) is 1.95. The van der Waals surface area contributed by atoms with Gasteiger partial charge in [0.1, 0.15) is 0 Å². The van der Waals surface area contributed by atoms with Crippen molar-refractivity contribution < 1.29 is 9.53 Å². The second-order valence-electron chi connectivity index (χ2n) is 3.23. The normalized spacial score (nSPS) is 11.1. The molecule has 4 heteroatoms. The largest absolute Gasteiger partial charge is 0.453 e. The van der Waals surface area contributed by atoms with Gasteiger partial charge in [-0.05, 0) is 31.2 Å². The first-order chi connectivity index (χ1) is 7.65. The zero-order valence-electron chi connectivity index (χ0n) is 9.28. The molecule has 0 aliphatic heterocycles. The highest BCUT2D eigenvalue weighted by Gasteiger charge is 2.01. The molecule has 1 amide bonds. The molecule has 0 saturated heterocycles. The van der Waals surface area contributed by atoms with Crippen molar-refractivity contribution in [3.63, 3.8) is 0 Å². The minimum atomic E-state index is -0.488. The molecule has 1 atom stereocenters. The molecule has 1 rings (SSSR count). The van der Waals surface area contributed by atoms with Crippen molar-refractivity contribution in [2.45, 2.75) is 13.0 Å². The highest BCUT2D eigenvalue weighted by Crippen LogP contribution is 2.14. The van der Waals surface area contributed by atoms with Gasteiger partial charge in [-0.25, -0.2) is 4.79 Å². The van der Waals surface area contributed by atoms with Crippen LogP contribution >= 0.6 is 0 Å². The predicted octanol–water partition coefficient (Wildman–Crippen LogP) is 2.30. The maximum Gasteiger partial charge on any atom is 0.411 e. The van der Waals surface area contributed by atoms with Crippen LogP contribution in [0.4, 0.5) is 16.2 Å². The van der Waals surface area contributed by atoms with Gasteiger partial charge in [-0.3, -0.25) is 5.32 Å². The van der Waals surface area contributed by atoms with Crippen molar-refractivity contribution in [1.82, 2.24) is 0 Å². The number of carbonyl (C=O) groups is 1. The average molecular weight is 218 g/mol. The number of methoxy groups -OCH3 is 1. The molecular formula is C12H14N2O2. The van der Waals surface area contributed by atoms with Gasteiger partial charge in [0, 0.05) is 11.4 Å². The molecule has 1 aromatic carbocycles. The second-order valence-corrected chi connectivity index (χ2v) is 3.23. The minimum Gasteiger partial charge on any atom is -0.453 e. The van der Waals surface area contributed by atoms with Crippen LogP contribution in [0.1, 0.15) is 6.92 Å². The van der Waals surface area contributed by atoms with Crippen molar-refractivity contribution >= 4 is 17.5 Å². The van der Waals surface area contributed by atoms with Crippen LogP contribution in [0.5, 0.6) is 0 Å². The highest BCUT2D eigenvalue weighted by molar-refractivity contribution is 5.84. The first-order valence-corrected chi connectivity index (χ1v) is 4.83. The van der Waals surface area contributed by atoms with Gasteiger partial charge in [0.05, 0.1) is 13.2 Å². The number of benzene rings is 1. The van der Waals surface area contributed by atoms with E-state index >= 15 is 0 Å². The third kappa shape index (κ3) is 3.54. The Balaban J connectivity index is 2.61. The topological polar surface area (TPSA) is 50.4 Å². The summed E-state index contributed by atoms with van der Waals surface area (Å²) in [5, 5.41) is 5.66. The summed E-state index contributed by atoms with van der Waals surface area (Å²) in [5.41, 5.74) is 1.58. The molecule has 1 aromatic rings. The van der Waals surface area contributed by atoms with Gasteiger partial charge in [0.15, 0.2) is 0 Å². The summed E-state index contributed by atoms with van der Waals surface area (Å²) in [6.07, 6.45) is 4.76. The Kier molecular flexibility index (Phi) is 4.22. The monoisotopic (exact) mass is 218 g/mol. The van der Waals surface area contributed by atoms with Gasteiger partial charge in [-0.15, -0.1) is 6.42 Å². The molecule has 0 spiro atoms. The molecule has 2 N–H and O–H groups in total. The summed E-state index contributed by atoms with van der Waals surface area (Å²) in [6, 6.07) is 7.17. The van der Waals surface area contributed by atoms with E-state index in [0.717, 1.165) is 5.69 Å². The van der Waals surface area contributed by atoms with Crippen LogP contribution in [0.2, 0.25) is 0 Å². The Hall–Kier alpha value is -2.15. The number of hydrogen-bond donors (Lipinski definition) is 2. The number of hydrogen-bond acceptors (Lipinski definition) is 3. The fourth-order valence-corrected chi connectivity index (χ4v) is 1.11. The lowest BCUT2D eigenvalue weighted by molar-refractivity contribution is 0.187. The quantitative estimate of drug-likeness (QED) is 0.765. The van der Waals surface area contributed by atoms with Gasteiger partial charge in [0.25, 0.3) is 0 Å². The minimum absolute atomic E-state index is 0.0283. The lowest BCUT2D eigenvalue weighted by Gasteiger charge is -2.10. The maximum atomic E-state index is 10.9. The Morgan fingerprint density at radius 2 is 1.94 bits per heavy atom. The second kappa shape index (κ2) is 5.66. The molecule has 4 nitrogen and oxygen atoms in total. The zero-order chi connectivity index (χ0) is 12.0. The van der Waals surface area contributed by atoms with Gasteiger partial charge >= 0.3 is 6.09 Å². The molecule has 16 heavy (non-hydrogen) atoms. The molecule has 0 aliphatic rings. The summed E-state index contributed by atoms with van der Waals surface area (Å²) >= 11 is 0. The Labute approximate surface area is 95.0 Å². The molecule has 1 unspecified atom stereocenters. The first-order valence-electron chi connectivity index (χ1n) is 4.83. The Morgan fingerprint density at radius 1 is 1.38 bits per heavy atom. The van der Waals surface area contributed by atoms with E-state index in [0.29, 0.717) is 5.69 Å². The summed E-state index contributed by atoms with van der Waals surface area (Å²) in [7, 11) is 1.32. The van der Waals surface area contributed by atoms with Crippen LogP contribution in [-0.4, -0.2) is 19.2 Å². The molecule has 0 bridgehead atoms. The SMILES string of the molecule is C#CC(C)Nc1ccc(NC(=O)OC)cc1. The number of ether oxygens (including phenoxy) is 1. The van der Waals surface area contributed by atoms with E-state index in [2.05, 4.69) is 21.3 Å². The molecule has 0 radical (unpaired) electrons. The van der Waals surface area contributed by atoms with Crippen LogP contribution in [0.15, 0.2) is 24.3 Å². The molecule has 84 valence electrons. The number of rotatable bonds is 3.